The minimum atomic E-state index is -0.163. The molecule has 0 aromatic rings. The lowest BCUT2D eigenvalue weighted by Gasteiger charge is -2.19. The Hall–Kier alpha value is -0.330. The van der Waals surface area contributed by atoms with Crippen LogP contribution < -0.4 is 5.32 Å². The number of hydrogen-bond donors (Lipinski definition) is 1. The van der Waals surface area contributed by atoms with Gasteiger partial charge in [0.05, 0.1) is 10.3 Å². The van der Waals surface area contributed by atoms with Crippen molar-refractivity contribution in [3.05, 3.63) is 0 Å². The average molecular weight is 325 g/mol. The number of carbonyl (C=O) groups excluding carboxylic acids is 2. The Kier molecular flexibility index (Phi) is 5.97. The van der Waals surface area contributed by atoms with Crippen molar-refractivity contribution in [3.63, 3.8) is 0 Å². The second kappa shape index (κ2) is 7.03. The van der Waals surface area contributed by atoms with E-state index in [-0.39, 0.29) is 24.5 Å². The highest BCUT2D eigenvalue weighted by atomic mass is 127. The molecule has 0 radical (unpaired) electrons. The second-order valence-corrected chi connectivity index (χ2v) is 4.44. The Morgan fingerprint density at radius 3 is 2.53 bits per heavy atom. The summed E-state index contributed by atoms with van der Waals surface area (Å²) < 4.78 is 5.37. The summed E-state index contributed by atoms with van der Waals surface area (Å²) in [6.45, 7) is 0.0111. The molecule has 0 spiro atoms. The van der Waals surface area contributed by atoms with Crippen LogP contribution in [-0.4, -0.2) is 23.0 Å². The normalized spacial score (nSPS) is 17.1. The van der Waals surface area contributed by atoms with Crippen LogP contribution in [0.5, 0.6) is 0 Å². The summed E-state index contributed by atoms with van der Waals surface area (Å²) in [5, 5.41) is 2.51. The molecule has 1 aliphatic rings. The number of hydrogen-bond acceptors (Lipinski definition) is 3. The summed E-state index contributed by atoms with van der Waals surface area (Å²) in [6, 6.07) is 0. The molecular formula is C10H16INO3. The zero-order valence-corrected chi connectivity index (χ0v) is 10.8. The molecule has 0 saturated heterocycles. The van der Waals surface area contributed by atoms with Crippen molar-refractivity contribution in [3.8, 4) is 0 Å². The number of alkyl halides is 1. The molecule has 1 amide bonds. The molecule has 0 atom stereocenters. The third-order valence-electron chi connectivity index (χ3n) is 2.54. The Morgan fingerprint density at radius 2 is 1.93 bits per heavy atom. The summed E-state index contributed by atoms with van der Waals surface area (Å²) >= 11 is 1.96. The molecule has 1 saturated carbocycles. The lowest BCUT2D eigenvalue weighted by atomic mass is 9.89. The topological polar surface area (TPSA) is 55.4 Å². The van der Waals surface area contributed by atoms with E-state index < -0.39 is 0 Å². The predicted molar refractivity (Wildman–Crippen MR) is 64.6 cm³/mol. The maximum Gasteiger partial charge on any atom is 0.310 e. The van der Waals surface area contributed by atoms with Gasteiger partial charge in [0.2, 0.25) is 5.91 Å². The number of nitrogens with one attached hydrogen (secondary N) is 1. The van der Waals surface area contributed by atoms with Crippen molar-refractivity contribution in [2.24, 2.45) is 5.92 Å². The van der Waals surface area contributed by atoms with E-state index in [0.717, 1.165) is 25.7 Å². The molecule has 0 unspecified atom stereocenters. The van der Waals surface area contributed by atoms with E-state index in [9.17, 15) is 9.59 Å². The lowest BCUT2D eigenvalue weighted by Crippen LogP contribution is -2.30. The second-order valence-electron chi connectivity index (χ2n) is 3.68. The van der Waals surface area contributed by atoms with Crippen molar-refractivity contribution >= 4 is 34.5 Å². The predicted octanol–water partition coefficient (Wildman–Crippen LogP) is 1.62. The van der Waals surface area contributed by atoms with Gasteiger partial charge in [-0.15, -0.1) is 0 Å². The van der Waals surface area contributed by atoms with E-state index in [4.69, 9.17) is 4.74 Å². The maximum absolute atomic E-state index is 11.5. The summed E-state index contributed by atoms with van der Waals surface area (Å²) in [6.07, 6.45) is 5.30. The Morgan fingerprint density at radius 1 is 1.27 bits per heavy atom. The van der Waals surface area contributed by atoms with Crippen LogP contribution in [0.3, 0.4) is 0 Å². The molecule has 86 valence electrons. The molecule has 15 heavy (non-hydrogen) atoms. The van der Waals surface area contributed by atoms with Gasteiger partial charge in [-0.1, -0.05) is 41.9 Å². The van der Waals surface area contributed by atoms with Gasteiger partial charge >= 0.3 is 5.97 Å². The molecule has 1 fully saturated rings. The van der Waals surface area contributed by atoms with E-state index in [2.05, 4.69) is 5.32 Å². The molecule has 5 heteroatoms. The highest BCUT2D eigenvalue weighted by Gasteiger charge is 2.22. The van der Waals surface area contributed by atoms with Gasteiger partial charge in [-0.2, -0.15) is 0 Å². The molecule has 0 aromatic carbocycles. The van der Waals surface area contributed by atoms with E-state index in [0.29, 0.717) is 4.43 Å². The smallest absolute Gasteiger partial charge is 0.310 e. The SMILES string of the molecule is O=C(CI)NCOC(=O)C1CCCCC1. The zero-order valence-electron chi connectivity index (χ0n) is 8.63. The third kappa shape index (κ3) is 4.81. The summed E-state index contributed by atoms with van der Waals surface area (Å²) in [5.41, 5.74) is 0. The van der Waals surface area contributed by atoms with Crippen LogP contribution in [0, 0.1) is 5.92 Å². The van der Waals surface area contributed by atoms with Gasteiger partial charge in [0.15, 0.2) is 6.73 Å². The van der Waals surface area contributed by atoms with Crippen molar-refractivity contribution in [1.82, 2.24) is 5.32 Å². The Bertz CT molecular complexity index is 227. The lowest BCUT2D eigenvalue weighted by molar-refractivity contribution is -0.151. The molecular weight excluding hydrogens is 309 g/mol. The van der Waals surface area contributed by atoms with Crippen LogP contribution in [0.1, 0.15) is 32.1 Å². The van der Waals surface area contributed by atoms with Crippen LogP contribution in [0.15, 0.2) is 0 Å². The first-order valence-electron chi connectivity index (χ1n) is 5.23. The van der Waals surface area contributed by atoms with Gasteiger partial charge < -0.3 is 10.1 Å². The largest absolute Gasteiger partial charge is 0.444 e. The minimum Gasteiger partial charge on any atom is -0.444 e. The molecule has 0 aromatic heterocycles. The van der Waals surface area contributed by atoms with Crippen molar-refractivity contribution < 1.29 is 14.3 Å². The fraction of sp³-hybridized carbons (Fsp3) is 0.800. The molecule has 1 rings (SSSR count). The molecule has 0 bridgehead atoms. The zero-order chi connectivity index (χ0) is 11.1. The maximum atomic E-state index is 11.5. The number of halogens is 1. The Balaban J connectivity index is 2.14. The third-order valence-corrected chi connectivity index (χ3v) is 3.24. The minimum absolute atomic E-state index is 0.0111. The van der Waals surface area contributed by atoms with Crippen LogP contribution in [0.25, 0.3) is 0 Å². The summed E-state index contributed by atoms with van der Waals surface area (Å²) in [5.74, 6) is -0.217. The fourth-order valence-corrected chi connectivity index (χ4v) is 1.96. The molecule has 1 N–H and O–H groups in total. The number of amides is 1. The fourth-order valence-electron chi connectivity index (χ4n) is 1.69. The standard InChI is InChI=1S/C10H16INO3/c11-6-9(13)12-7-15-10(14)8-4-2-1-3-5-8/h8H,1-7H2,(H,12,13). The van der Waals surface area contributed by atoms with Gasteiger partial charge in [-0.05, 0) is 12.8 Å². The van der Waals surface area contributed by atoms with E-state index >= 15 is 0 Å². The van der Waals surface area contributed by atoms with Gasteiger partial charge in [0.1, 0.15) is 0 Å². The van der Waals surface area contributed by atoms with Crippen LogP contribution in [-0.2, 0) is 14.3 Å². The van der Waals surface area contributed by atoms with E-state index in [1.165, 1.54) is 6.42 Å². The Labute approximate surface area is 103 Å². The molecule has 1 aliphatic carbocycles. The first kappa shape index (κ1) is 12.7. The highest BCUT2D eigenvalue weighted by molar-refractivity contribution is 14.1. The van der Waals surface area contributed by atoms with Crippen LogP contribution in [0.4, 0.5) is 0 Å². The summed E-state index contributed by atoms with van der Waals surface area (Å²) in [4.78, 5) is 22.4. The van der Waals surface area contributed by atoms with Crippen LogP contribution >= 0.6 is 22.6 Å². The van der Waals surface area contributed by atoms with Crippen molar-refractivity contribution in [2.45, 2.75) is 32.1 Å². The van der Waals surface area contributed by atoms with Gasteiger partial charge in [0, 0.05) is 0 Å². The van der Waals surface area contributed by atoms with E-state index in [1.807, 2.05) is 22.6 Å². The quantitative estimate of drug-likeness (QED) is 0.370. The number of esters is 1. The number of carbonyl (C=O) groups is 2. The first-order chi connectivity index (χ1) is 7.24. The monoisotopic (exact) mass is 325 g/mol. The molecule has 0 heterocycles. The summed E-state index contributed by atoms with van der Waals surface area (Å²) in [7, 11) is 0. The van der Waals surface area contributed by atoms with E-state index in [1.54, 1.807) is 0 Å². The molecule has 4 nitrogen and oxygen atoms in total. The van der Waals surface area contributed by atoms with Gasteiger partial charge in [-0.3, -0.25) is 9.59 Å². The number of rotatable bonds is 4. The number of ether oxygens (including phenoxy) is 1. The first-order valence-corrected chi connectivity index (χ1v) is 6.76. The molecule has 0 aliphatic heterocycles. The van der Waals surface area contributed by atoms with Crippen molar-refractivity contribution in [1.29, 1.82) is 0 Å². The van der Waals surface area contributed by atoms with Gasteiger partial charge in [-0.25, -0.2) is 0 Å². The van der Waals surface area contributed by atoms with Gasteiger partial charge in [0.25, 0.3) is 0 Å². The highest BCUT2D eigenvalue weighted by Crippen LogP contribution is 2.24. The van der Waals surface area contributed by atoms with Crippen molar-refractivity contribution in [2.75, 3.05) is 11.2 Å². The van der Waals surface area contributed by atoms with Crippen LogP contribution in [0.2, 0.25) is 0 Å². The average Bonchev–Trinajstić information content (AvgIpc) is 2.29.